The van der Waals surface area contributed by atoms with Crippen molar-refractivity contribution in [1.29, 1.82) is 0 Å². The number of rotatable bonds is 10. The number of hydrogen-bond donors (Lipinski definition) is 3. The van der Waals surface area contributed by atoms with Gasteiger partial charge in [-0.05, 0) is 48.2 Å². The molecule has 2 amide bonds. The first-order valence-electron chi connectivity index (χ1n) is 8.94. The largest absolute Gasteiger partial charge is 0.329 e. The molecule has 1 heterocycles. The summed E-state index contributed by atoms with van der Waals surface area (Å²) in [6.07, 6.45) is 3.77. The maximum Gasteiger partial charge on any atom is 0.261 e. The quantitative estimate of drug-likeness (QED) is 0.305. The Morgan fingerprint density at radius 3 is 2.45 bits per heavy atom. The summed E-state index contributed by atoms with van der Waals surface area (Å²) >= 11 is 0. The Hall–Kier alpha value is -2.82. The molecule has 3 N–H and O–H groups in total. The molecule has 0 saturated heterocycles. The van der Waals surface area contributed by atoms with Gasteiger partial charge in [-0.25, -0.2) is 13.9 Å². The number of anilines is 1. The summed E-state index contributed by atoms with van der Waals surface area (Å²) in [6.45, 7) is 3.61. The SMILES string of the molecule is CC(C)C[C@H](C(=O)NO)N(Cc1cccnc1)S(=O)(=O)c1ccc(NC=O)cc1. The Kier molecular flexibility index (Phi) is 7.82. The molecule has 0 unspecified atom stereocenters. The molecular weight excluding hydrogens is 396 g/mol. The summed E-state index contributed by atoms with van der Waals surface area (Å²) in [4.78, 5) is 26.9. The first kappa shape index (κ1) is 22.5. The van der Waals surface area contributed by atoms with E-state index >= 15 is 0 Å². The average molecular weight is 420 g/mol. The third kappa shape index (κ3) is 5.83. The fraction of sp³-hybridized carbons (Fsp3) is 0.316. The Bertz CT molecular complexity index is 917. The molecule has 2 rings (SSSR count). The third-order valence-electron chi connectivity index (χ3n) is 4.20. The summed E-state index contributed by atoms with van der Waals surface area (Å²) in [7, 11) is -4.11. The van der Waals surface area contributed by atoms with Gasteiger partial charge in [0.25, 0.3) is 5.91 Å². The van der Waals surface area contributed by atoms with Gasteiger partial charge in [0.05, 0.1) is 4.90 Å². The number of sulfonamides is 1. The molecule has 0 radical (unpaired) electrons. The second-order valence-corrected chi connectivity index (χ2v) is 8.71. The van der Waals surface area contributed by atoms with Gasteiger partial charge < -0.3 is 5.32 Å². The Labute approximate surface area is 169 Å². The van der Waals surface area contributed by atoms with Crippen molar-refractivity contribution in [2.24, 2.45) is 5.92 Å². The fourth-order valence-electron chi connectivity index (χ4n) is 2.84. The van der Waals surface area contributed by atoms with Crippen molar-refractivity contribution in [1.82, 2.24) is 14.8 Å². The van der Waals surface area contributed by atoms with Crippen LogP contribution in [-0.4, -0.2) is 41.3 Å². The van der Waals surface area contributed by atoms with Gasteiger partial charge >= 0.3 is 0 Å². The molecule has 9 nitrogen and oxygen atoms in total. The van der Waals surface area contributed by atoms with E-state index in [2.05, 4.69) is 10.3 Å². The monoisotopic (exact) mass is 420 g/mol. The number of pyridine rings is 1. The number of hydrogen-bond acceptors (Lipinski definition) is 6. The normalized spacial score (nSPS) is 12.6. The molecule has 0 saturated carbocycles. The number of carbonyl (C=O) groups excluding carboxylic acids is 2. The van der Waals surface area contributed by atoms with Gasteiger partial charge in [-0.15, -0.1) is 0 Å². The minimum atomic E-state index is -4.11. The first-order valence-corrected chi connectivity index (χ1v) is 10.4. The van der Waals surface area contributed by atoms with E-state index in [4.69, 9.17) is 0 Å². The van der Waals surface area contributed by atoms with E-state index in [0.717, 1.165) is 4.31 Å². The first-order chi connectivity index (χ1) is 13.8. The van der Waals surface area contributed by atoms with Gasteiger partial charge in [-0.2, -0.15) is 4.31 Å². The molecule has 1 aromatic carbocycles. The van der Waals surface area contributed by atoms with Crippen LogP contribution in [0.3, 0.4) is 0 Å². The second kappa shape index (κ2) is 10.1. The zero-order chi connectivity index (χ0) is 21.4. The molecule has 0 aliphatic carbocycles. The van der Waals surface area contributed by atoms with Crippen molar-refractivity contribution in [2.75, 3.05) is 5.32 Å². The second-order valence-electron chi connectivity index (χ2n) is 6.82. The minimum absolute atomic E-state index is 0.0111. The van der Waals surface area contributed by atoms with Crippen LogP contribution in [0.15, 0.2) is 53.7 Å². The number of benzene rings is 1. The Balaban J connectivity index is 2.51. The van der Waals surface area contributed by atoms with Crippen molar-refractivity contribution in [3.8, 4) is 0 Å². The Morgan fingerprint density at radius 1 is 1.24 bits per heavy atom. The van der Waals surface area contributed by atoms with Crippen LogP contribution in [-0.2, 0) is 26.2 Å². The molecule has 0 fully saturated rings. The average Bonchev–Trinajstić information content (AvgIpc) is 2.71. The smallest absolute Gasteiger partial charge is 0.261 e. The van der Waals surface area contributed by atoms with Crippen molar-refractivity contribution < 1.29 is 23.2 Å². The lowest BCUT2D eigenvalue weighted by Crippen LogP contribution is -2.49. The van der Waals surface area contributed by atoms with Crippen LogP contribution in [0.4, 0.5) is 5.69 Å². The molecule has 0 bridgehead atoms. The predicted molar refractivity (Wildman–Crippen MR) is 106 cm³/mol. The van der Waals surface area contributed by atoms with E-state index in [1.165, 1.54) is 30.5 Å². The lowest BCUT2D eigenvalue weighted by molar-refractivity contribution is -0.133. The van der Waals surface area contributed by atoms with Crippen LogP contribution in [0.2, 0.25) is 0 Å². The van der Waals surface area contributed by atoms with E-state index in [1.807, 2.05) is 13.8 Å². The van der Waals surface area contributed by atoms with Crippen molar-refractivity contribution in [2.45, 2.75) is 37.8 Å². The lowest BCUT2D eigenvalue weighted by atomic mass is 10.0. The number of carbonyl (C=O) groups is 2. The van der Waals surface area contributed by atoms with Crippen LogP contribution >= 0.6 is 0 Å². The molecule has 0 aliphatic rings. The maximum absolute atomic E-state index is 13.4. The van der Waals surface area contributed by atoms with E-state index in [-0.39, 0.29) is 23.8 Å². The predicted octanol–water partition coefficient (Wildman–Crippen LogP) is 1.76. The molecule has 10 heteroatoms. The number of hydroxylamine groups is 1. The summed E-state index contributed by atoms with van der Waals surface area (Å²) in [5, 5.41) is 11.6. The summed E-state index contributed by atoms with van der Waals surface area (Å²) < 4.78 is 27.9. The van der Waals surface area contributed by atoms with Crippen LogP contribution in [0.25, 0.3) is 0 Å². The lowest BCUT2D eigenvalue weighted by Gasteiger charge is -2.30. The topological polar surface area (TPSA) is 129 Å². The third-order valence-corrected chi connectivity index (χ3v) is 6.07. The number of nitrogens with one attached hydrogen (secondary N) is 2. The minimum Gasteiger partial charge on any atom is -0.329 e. The highest BCUT2D eigenvalue weighted by atomic mass is 32.2. The standard InChI is InChI=1S/C19H24N4O5S/c1-14(2)10-18(19(25)22-26)23(12-15-4-3-9-20-11-15)29(27,28)17-7-5-16(6-8-17)21-13-24/h3-9,11,13-14,18,26H,10,12H2,1-2H3,(H,21,24)(H,22,25)/t18-/m1/s1. The number of aromatic nitrogens is 1. The van der Waals surface area contributed by atoms with Crippen molar-refractivity contribution in [3.63, 3.8) is 0 Å². The highest BCUT2D eigenvalue weighted by molar-refractivity contribution is 7.89. The molecule has 2 aromatic rings. The van der Waals surface area contributed by atoms with Gasteiger partial charge in [0.2, 0.25) is 16.4 Å². The van der Waals surface area contributed by atoms with Gasteiger partial charge in [-0.1, -0.05) is 19.9 Å². The molecular formula is C19H24N4O5S. The molecule has 29 heavy (non-hydrogen) atoms. The van der Waals surface area contributed by atoms with Crippen LogP contribution in [0.5, 0.6) is 0 Å². The van der Waals surface area contributed by atoms with Crippen molar-refractivity contribution in [3.05, 3.63) is 54.4 Å². The highest BCUT2D eigenvalue weighted by Crippen LogP contribution is 2.25. The molecule has 0 aliphatic heterocycles. The van der Waals surface area contributed by atoms with Gasteiger partial charge in [-0.3, -0.25) is 19.8 Å². The number of nitrogens with zero attached hydrogens (tertiary/aromatic N) is 2. The molecule has 156 valence electrons. The number of amides is 2. The van der Waals surface area contributed by atoms with E-state index in [0.29, 0.717) is 17.7 Å². The van der Waals surface area contributed by atoms with Gasteiger partial charge in [0.1, 0.15) is 6.04 Å². The van der Waals surface area contributed by atoms with E-state index in [1.54, 1.807) is 23.8 Å². The van der Waals surface area contributed by atoms with Crippen molar-refractivity contribution >= 4 is 28.0 Å². The highest BCUT2D eigenvalue weighted by Gasteiger charge is 2.36. The summed E-state index contributed by atoms with van der Waals surface area (Å²) in [5.41, 5.74) is 2.60. The zero-order valence-electron chi connectivity index (χ0n) is 16.1. The zero-order valence-corrected chi connectivity index (χ0v) is 17.0. The van der Waals surface area contributed by atoms with Gasteiger partial charge in [0.15, 0.2) is 0 Å². The molecule has 1 aromatic heterocycles. The van der Waals surface area contributed by atoms with Crippen LogP contribution in [0, 0.1) is 5.92 Å². The molecule has 0 spiro atoms. The fourth-order valence-corrected chi connectivity index (χ4v) is 4.42. The summed E-state index contributed by atoms with van der Waals surface area (Å²) in [5.74, 6) is -0.825. The molecule has 1 atom stereocenters. The maximum atomic E-state index is 13.4. The summed E-state index contributed by atoms with van der Waals surface area (Å²) in [6, 6.07) is 7.85. The van der Waals surface area contributed by atoms with Gasteiger partial charge in [0, 0.05) is 24.6 Å². The Morgan fingerprint density at radius 2 is 1.93 bits per heavy atom. The van der Waals surface area contributed by atoms with E-state index in [9.17, 15) is 23.2 Å². The van der Waals surface area contributed by atoms with Crippen LogP contribution < -0.4 is 10.8 Å². The van der Waals surface area contributed by atoms with Crippen LogP contribution in [0.1, 0.15) is 25.8 Å². The van der Waals surface area contributed by atoms with E-state index < -0.39 is 22.0 Å².